The van der Waals surface area contributed by atoms with Gasteiger partial charge in [0.25, 0.3) is 0 Å². The molecule has 0 bridgehead atoms. The number of fused-ring (bicyclic) bond motifs is 1. The van der Waals surface area contributed by atoms with Gasteiger partial charge < -0.3 is 34.3 Å². The summed E-state index contributed by atoms with van der Waals surface area (Å²) in [5, 5.41) is 5.40. The molecule has 0 unspecified atom stereocenters. The van der Waals surface area contributed by atoms with E-state index in [0.717, 1.165) is 5.56 Å². The number of benzene rings is 2. The van der Waals surface area contributed by atoms with Crippen molar-refractivity contribution in [2.75, 3.05) is 21.0 Å². The summed E-state index contributed by atoms with van der Waals surface area (Å²) in [5.41, 5.74) is 1.99. The van der Waals surface area contributed by atoms with Crippen LogP contribution in [0.25, 0.3) is 0 Å². The minimum atomic E-state index is -0.775. The maximum atomic E-state index is 13.1. The number of methoxy groups -OCH3 is 2. The fourth-order valence-corrected chi connectivity index (χ4v) is 3.59. The van der Waals surface area contributed by atoms with E-state index >= 15 is 0 Å². The van der Waals surface area contributed by atoms with Crippen molar-refractivity contribution in [3.63, 3.8) is 0 Å². The van der Waals surface area contributed by atoms with Gasteiger partial charge in [-0.1, -0.05) is 18.2 Å². The number of carbonyl (C=O) groups is 2. The van der Waals surface area contributed by atoms with Crippen LogP contribution >= 0.6 is 0 Å². The van der Waals surface area contributed by atoms with Crippen molar-refractivity contribution in [2.45, 2.75) is 19.6 Å². The van der Waals surface area contributed by atoms with Crippen molar-refractivity contribution in [2.24, 2.45) is 0 Å². The molecule has 0 spiro atoms. The minimum Gasteiger partial charge on any atom is -0.493 e. The van der Waals surface area contributed by atoms with Gasteiger partial charge in [0, 0.05) is 11.3 Å². The normalized spacial score (nSPS) is 17.0. The summed E-state index contributed by atoms with van der Waals surface area (Å²) in [6.45, 7) is 1.85. The number of urea groups is 1. The zero-order chi connectivity index (χ0) is 22.0. The molecule has 1 atom stereocenters. The highest BCUT2D eigenvalue weighted by molar-refractivity contribution is 5.95. The third kappa shape index (κ3) is 3.94. The van der Waals surface area contributed by atoms with Gasteiger partial charge in [0.15, 0.2) is 23.0 Å². The molecular weight excluding hydrogens is 404 g/mol. The summed E-state index contributed by atoms with van der Waals surface area (Å²) in [7, 11) is 3.02. The Morgan fingerprint density at radius 3 is 2.71 bits per heavy atom. The average molecular weight is 426 g/mol. The van der Waals surface area contributed by atoms with Crippen LogP contribution in [0.4, 0.5) is 4.79 Å². The molecule has 0 aliphatic carbocycles. The molecule has 0 saturated heterocycles. The lowest BCUT2D eigenvalue weighted by Gasteiger charge is -2.29. The molecule has 0 radical (unpaired) electrons. The van der Waals surface area contributed by atoms with E-state index in [9.17, 15) is 9.59 Å². The second kappa shape index (κ2) is 8.47. The lowest BCUT2D eigenvalue weighted by molar-refractivity contribution is -0.140. The van der Waals surface area contributed by atoms with Crippen LogP contribution in [0.2, 0.25) is 0 Å². The van der Waals surface area contributed by atoms with E-state index in [1.807, 2.05) is 0 Å². The summed E-state index contributed by atoms with van der Waals surface area (Å²) in [5.74, 6) is 1.59. The molecule has 2 aliphatic rings. The summed E-state index contributed by atoms with van der Waals surface area (Å²) in [6, 6.07) is 9.38. The highest BCUT2D eigenvalue weighted by Gasteiger charge is 2.34. The molecule has 9 nitrogen and oxygen atoms in total. The first-order valence-corrected chi connectivity index (χ1v) is 9.56. The van der Waals surface area contributed by atoms with Gasteiger partial charge >= 0.3 is 12.0 Å². The number of allylic oxidation sites excluding steroid dienone is 1. The maximum absolute atomic E-state index is 13.1. The number of ether oxygens (including phenoxy) is 5. The largest absolute Gasteiger partial charge is 0.493 e. The minimum absolute atomic E-state index is 0.0299. The van der Waals surface area contributed by atoms with Crippen LogP contribution in [-0.2, 0) is 16.1 Å². The molecule has 162 valence electrons. The third-order valence-corrected chi connectivity index (χ3v) is 5.04. The number of nitrogens with one attached hydrogen (secondary N) is 2. The molecule has 0 aromatic heterocycles. The highest BCUT2D eigenvalue weighted by Crippen LogP contribution is 2.39. The fraction of sp³-hybridized carbons (Fsp3) is 0.273. The Morgan fingerprint density at radius 1 is 1.13 bits per heavy atom. The highest BCUT2D eigenvalue weighted by atomic mass is 16.7. The molecular formula is C22H22N2O7. The smallest absolute Gasteiger partial charge is 0.338 e. The lowest BCUT2D eigenvalue weighted by Crippen LogP contribution is -2.45. The molecule has 2 aliphatic heterocycles. The van der Waals surface area contributed by atoms with Crippen molar-refractivity contribution in [1.29, 1.82) is 0 Å². The van der Waals surface area contributed by atoms with E-state index in [1.54, 1.807) is 43.3 Å². The van der Waals surface area contributed by atoms with Crippen LogP contribution in [0, 0.1) is 0 Å². The van der Waals surface area contributed by atoms with E-state index in [2.05, 4.69) is 10.6 Å². The second-order valence-electron chi connectivity index (χ2n) is 6.92. The molecule has 0 saturated carbocycles. The van der Waals surface area contributed by atoms with Crippen LogP contribution in [0.5, 0.6) is 23.0 Å². The van der Waals surface area contributed by atoms with E-state index in [0.29, 0.717) is 34.3 Å². The Balaban J connectivity index is 1.61. The standard InChI is InChI=1S/C22H22N2O7/c1-12-18(21(25)29-10-13-7-8-15-17(9-13)31-11-30-15)19(24-22(26)23-12)14-5-4-6-16(27-2)20(14)28-3/h4-9,19H,10-11H2,1-3H3,(H2,23,24,26)/t19-/m0/s1. The van der Waals surface area contributed by atoms with Gasteiger partial charge in [0.2, 0.25) is 6.79 Å². The fourth-order valence-electron chi connectivity index (χ4n) is 3.59. The molecule has 4 rings (SSSR count). The molecule has 31 heavy (non-hydrogen) atoms. The molecule has 2 N–H and O–H groups in total. The molecule has 2 amide bonds. The van der Waals surface area contributed by atoms with E-state index in [1.165, 1.54) is 14.2 Å². The van der Waals surface area contributed by atoms with Crippen molar-refractivity contribution in [3.8, 4) is 23.0 Å². The third-order valence-electron chi connectivity index (χ3n) is 5.04. The van der Waals surface area contributed by atoms with E-state index < -0.39 is 18.0 Å². The van der Waals surface area contributed by atoms with Gasteiger partial charge in [0.05, 0.1) is 25.8 Å². The van der Waals surface area contributed by atoms with Crippen LogP contribution < -0.4 is 29.6 Å². The van der Waals surface area contributed by atoms with Crippen LogP contribution in [-0.4, -0.2) is 33.0 Å². The first-order valence-electron chi connectivity index (χ1n) is 9.56. The van der Waals surface area contributed by atoms with Crippen LogP contribution in [0.15, 0.2) is 47.7 Å². The van der Waals surface area contributed by atoms with Crippen molar-refractivity contribution >= 4 is 12.0 Å². The van der Waals surface area contributed by atoms with Crippen molar-refractivity contribution in [3.05, 3.63) is 58.8 Å². The second-order valence-corrected chi connectivity index (χ2v) is 6.92. The topological polar surface area (TPSA) is 104 Å². The number of hydrogen-bond donors (Lipinski definition) is 2. The van der Waals surface area contributed by atoms with Gasteiger partial charge in [-0.3, -0.25) is 0 Å². The van der Waals surface area contributed by atoms with Crippen LogP contribution in [0.3, 0.4) is 0 Å². The number of carbonyl (C=O) groups excluding carboxylic acids is 2. The first-order chi connectivity index (χ1) is 15.0. The predicted octanol–water partition coefficient (Wildman–Crippen LogP) is 2.80. The number of rotatable bonds is 6. The Bertz CT molecular complexity index is 1060. The summed E-state index contributed by atoms with van der Waals surface area (Å²) >= 11 is 0. The van der Waals surface area contributed by atoms with Crippen molar-refractivity contribution < 1.29 is 33.3 Å². The molecule has 2 heterocycles. The Kier molecular flexibility index (Phi) is 5.57. The van der Waals surface area contributed by atoms with Gasteiger partial charge in [-0.2, -0.15) is 0 Å². The summed E-state index contributed by atoms with van der Waals surface area (Å²) in [6.07, 6.45) is 0. The summed E-state index contributed by atoms with van der Waals surface area (Å²) < 4.78 is 27.1. The Hall–Kier alpha value is -3.88. The number of hydrogen-bond acceptors (Lipinski definition) is 7. The quantitative estimate of drug-likeness (QED) is 0.685. The average Bonchev–Trinajstić information content (AvgIpc) is 3.24. The van der Waals surface area contributed by atoms with E-state index in [-0.39, 0.29) is 19.0 Å². The van der Waals surface area contributed by atoms with E-state index in [4.69, 9.17) is 23.7 Å². The molecule has 2 aromatic carbocycles. The lowest BCUT2D eigenvalue weighted by atomic mass is 9.94. The Labute approximate surface area is 178 Å². The van der Waals surface area contributed by atoms with Crippen molar-refractivity contribution in [1.82, 2.24) is 10.6 Å². The first kappa shape index (κ1) is 20.4. The Morgan fingerprint density at radius 2 is 1.94 bits per heavy atom. The molecule has 2 aromatic rings. The monoisotopic (exact) mass is 426 g/mol. The predicted molar refractivity (Wildman–Crippen MR) is 109 cm³/mol. The summed E-state index contributed by atoms with van der Waals surface area (Å²) in [4.78, 5) is 25.2. The van der Waals surface area contributed by atoms with Gasteiger partial charge in [-0.05, 0) is 30.7 Å². The van der Waals surface area contributed by atoms with Gasteiger partial charge in [0.1, 0.15) is 6.61 Å². The molecule has 9 heteroatoms. The number of esters is 1. The SMILES string of the molecule is COc1cccc([C@@H]2NC(=O)NC(C)=C2C(=O)OCc2ccc3c(c2)OCO3)c1OC. The van der Waals surface area contributed by atoms with Crippen LogP contribution in [0.1, 0.15) is 24.1 Å². The van der Waals surface area contributed by atoms with Gasteiger partial charge in [-0.15, -0.1) is 0 Å². The number of amides is 2. The van der Waals surface area contributed by atoms with Gasteiger partial charge in [-0.25, -0.2) is 9.59 Å². The maximum Gasteiger partial charge on any atom is 0.338 e. The zero-order valence-electron chi connectivity index (χ0n) is 17.3. The number of para-hydroxylation sites is 1. The molecule has 0 fully saturated rings. The zero-order valence-corrected chi connectivity index (χ0v) is 17.3.